The van der Waals surface area contributed by atoms with Crippen molar-refractivity contribution in [1.82, 2.24) is 5.32 Å². The number of Topliss-reactive ketones (excluding diaryl/α,β-unsaturated/α-hetero) is 1. The van der Waals surface area contributed by atoms with E-state index in [0.717, 1.165) is 38.6 Å². The lowest BCUT2D eigenvalue weighted by Gasteiger charge is -2.36. The van der Waals surface area contributed by atoms with E-state index in [2.05, 4.69) is 12.2 Å². The maximum absolute atomic E-state index is 12.1. The van der Waals surface area contributed by atoms with Crippen LogP contribution in [0.4, 0.5) is 0 Å². The number of carbonyl (C=O) groups excluding carboxylic acids is 2. The smallest absolute Gasteiger partial charge is 0.223 e. The Bertz CT molecular complexity index is 311. The normalized spacial score (nSPS) is 30.2. The molecule has 3 nitrogen and oxygen atoms in total. The fraction of sp³-hybridized carbons (Fsp3) is 0.875. The first-order valence-corrected chi connectivity index (χ1v) is 8.03. The summed E-state index contributed by atoms with van der Waals surface area (Å²) in [6.07, 6.45) is 9.55. The van der Waals surface area contributed by atoms with Gasteiger partial charge in [-0.3, -0.25) is 9.59 Å². The Balaban J connectivity index is 1.73. The van der Waals surface area contributed by atoms with Crippen LogP contribution in [0.2, 0.25) is 0 Å². The topological polar surface area (TPSA) is 46.2 Å². The average Bonchev–Trinajstić information content (AvgIpc) is 2.38. The molecule has 0 aliphatic heterocycles. The molecule has 2 aliphatic carbocycles. The van der Waals surface area contributed by atoms with Gasteiger partial charge in [-0.2, -0.15) is 0 Å². The van der Waals surface area contributed by atoms with Gasteiger partial charge in [0.15, 0.2) is 0 Å². The number of fused-ring (bicyclic) bond motifs is 2. The standard InChI is InChI=1S/C16H27NO2/c1-2-3-4-5-9-17-16(19)14-10-12-7-6-8-13(11-14)15(12)18/h12-14H,2-11H2,1H3,(H,17,19). The van der Waals surface area contributed by atoms with Crippen molar-refractivity contribution in [1.29, 1.82) is 0 Å². The number of ketones is 1. The molecular formula is C16H27NO2. The second-order valence-electron chi connectivity index (χ2n) is 6.25. The number of hydrogen-bond donors (Lipinski definition) is 1. The number of nitrogens with one attached hydrogen (secondary N) is 1. The summed E-state index contributed by atoms with van der Waals surface area (Å²) < 4.78 is 0. The van der Waals surface area contributed by atoms with Gasteiger partial charge in [0.2, 0.25) is 5.91 Å². The van der Waals surface area contributed by atoms with Gasteiger partial charge in [-0.15, -0.1) is 0 Å². The quantitative estimate of drug-likeness (QED) is 0.750. The minimum atomic E-state index is 0.0965. The van der Waals surface area contributed by atoms with Gasteiger partial charge in [0.25, 0.3) is 0 Å². The first-order chi connectivity index (χ1) is 9.22. The Morgan fingerprint density at radius 2 is 1.84 bits per heavy atom. The van der Waals surface area contributed by atoms with Gasteiger partial charge in [-0.05, 0) is 32.1 Å². The van der Waals surface area contributed by atoms with E-state index in [0.29, 0.717) is 5.78 Å². The zero-order chi connectivity index (χ0) is 13.7. The zero-order valence-electron chi connectivity index (χ0n) is 12.1. The first-order valence-electron chi connectivity index (χ1n) is 8.03. The number of unbranched alkanes of at least 4 members (excludes halogenated alkanes) is 3. The summed E-state index contributed by atoms with van der Waals surface area (Å²) in [4.78, 5) is 24.1. The van der Waals surface area contributed by atoms with Gasteiger partial charge < -0.3 is 5.32 Å². The Hall–Kier alpha value is -0.860. The molecule has 0 spiro atoms. The molecule has 2 saturated carbocycles. The SMILES string of the molecule is CCCCCCNC(=O)C1CC2CCCC(C1)C2=O. The van der Waals surface area contributed by atoms with Crippen LogP contribution in [-0.4, -0.2) is 18.2 Å². The molecule has 3 heteroatoms. The van der Waals surface area contributed by atoms with Crippen molar-refractivity contribution in [2.45, 2.75) is 64.7 Å². The maximum atomic E-state index is 12.1. The van der Waals surface area contributed by atoms with Crippen LogP contribution >= 0.6 is 0 Å². The van der Waals surface area contributed by atoms with Gasteiger partial charge in [0, 0.05) is 24.3 Å². The summed E-state index contributed by atoms with van der Waals surface area (Å²) in [5, 5.41) is 3.07. The molecule has 2 rings (SSSR count). The lowest BCUT2D eigenvalue weighted by Crippen LogP contribution is -2.42. The second kappa shape index (κ2) is 7.06. The van der Waals surface area contributed by atoms with E-state index in [1.165, 1.54) is 25.7 Å². The highest BCUT2D eigenvalue weighted by Gasteiger charge is 2.40. The monoisotopic (exact) mass is 265 g/mol. The predicted molar refractivity (Wildman–Crippen MR) is 75.7 cm³/mol. The lowest BCUT2D eigenvalue weighted by atomic mass is 9.67. The third kappa shape index (κ3) is 3.80. The van der Waals surface area contributed by atoms with Crippen molar-refractivity contribution in [3.05, 3.63) is 0 Å². The summed E-state index contributed by atoms with van der Waals surface area (Å²) in [5.74, 6) is 1.10. The fourth-order valence-corrected chi connectivity index (χ4v) is 3.60. The molecule has 19 heavy (non-hydrogen) atoms. The largest absolute Gasteiger partial charge is 0.356 e. The number of rotatable bonds is 6. The summed E-state index contributed by atoms with van der Waals surface area (Å²) in [6, 6.07) is 0. The van der Waals surface area contributed by atoms with E-state index in [1.54, 1.807) is 0 Å². The van der Waals surface area contributed by atoms with Crippen LogP contribution in [0.1, 0.15) is 64.7 Å². The van der Waals surface area contributed by atoms with Crippen molar-refractivity contribution >= 4 is 11.7 Å². The number of amides is 1. The van der Waals surface area contributed by atoms with Crippen molar-refractivity contribution in [3.8, 4) is 0 Å². The molecular weight excluding hydrogens is 238 g/mol. The van der Waals surface area contributed by atoms with E-state index >= 15 is 0 Å². The molecule has 0 heterocycles. The molecule has 2 aliphatic rings. The number of hydrogen-bond acceptors (Lipinski definition) is 2. The third-order valence-electron chi connectivity index (χ3n) is 4.75. The number of carbonyl (C=O) groups is 2. The average molecular weight is 265 g/mol. The van der Waals surface area contributed by atoms with E-state index in [-0.39, 0.29) is 23.7 Å². The summed E-state index contributed by atoms with van der Waals surface area (Å²) >= 11 is 0. The molecule has 0 aromatic heterocycles. The molecule has 2 unspecified atom stereocenters. The Morgan fingerprint density at radius 1 is 1.16 bits per heavy atom. The Morgan fingerprint density at radius 3 is 2.47 bits per heavy atom. The molecule has 0 aromatic rings. The highest BCUT2D eigenvalue weighted by atomic mass is 16.2. The third-order valence-corrected chi connectivity index (χ3v) is 4.75. The van der Waals surface area contributed by atoms with Gasteiger partial charge >= 0.3 is 0 Å². The molecule has 2 fully saturated rings. The van der Waals surface area contributed by atoms with Crippen LogP contribution in [0, 0.1) is 17.8 Å². The van der Waals surface area contributed by atoms with Crippen molar-refractivity contribution in [3.63, 3.8) is 0 Å². The molecule has 0 saturated heterocycles. The van der Waals surface area contributed by atoms with E-state index in [1.807, 2.05) is 0 Å². The van der Waals surface area contributed by atoms with E-state index < -0.39 is 0 Å². The molecule has 1 N–H and O–H groups in total. The second-order valence-corrected chi connectivity index (χ2v) is 6.25. The minimum absolute atomic E-state index is 0.0965. The summed E-state index contributed by atoms with van der Waals surface area (Å²) in [6.45, 7) is 3.00. The highest BCUT2D eigenvalue weighted by Crippen LogP contribution is 2.40. The van der Waals surface area contributed by atoms with Crippen LogP contribution < -0.4 is 5.32 Å². The lowest BCUT2D eigenvalue weighted by molar-refractivity contribution is -0.137. The van der Waals surface area contributed by atoms with Crippen LogP contribution in [0.5, 0.6) is 0 Å². The van der Waals surface area contributed by atoms with Gasteiger partial charge in [0.05, 0.1) is 0 Å². The van der Waals surface area contributed by atoms with Crippen LogP contribution in [0.15, 0.2) is 0 Å². The van der Waals surface area contributed by atoms with Crippen LogP contribution in [0.25, 0.3) is 0 Å². The van der Waals surface area contributed by atoms with Crippen molar-refractivity contribution in [2.75, 3.05) is 6.54 Å². The van der Waals surface area contributed by atoms with Crippen molar-refractivity contribution in [2.24, 2.45) is 17.8 Å². The minimum Gasteiger partial charge on any atom is -0.356 e. The predicted octanol–water partition coefficient (Wildman–Crippen LogP) is 3.08. The van der Waals surface area contributed by atoms with Crippen LogP contribution in [-0.2, 0) is 9.59 Å². The molecule has 0 radical (unpaired) electrons. The summed E-state index contributed by atoms with van der Waals surface area (Å²) in [5.41, 5.74) is 0. The fourth-order valence-electron chi connectivity index (χ4n) is 3.60. The molecule has 108 valence electrons. The highest BCUT2D eigenvalue weighted by molar-refractivity contribution is 5.88. The molecule has 2 bridgehead atoms. The van der Waals surface area contributed by atoms with E-state index in [4.69, 9.17) is 0 Å². The first kappa shape index (κ1) is 14.5. The Kier molecular flexibility index (Phi) is 5.41. The Labute approximate surface area is 116 Å². The van der Waals surface area contributed by atoms with Gasteiger partial charge in [0.1, 0.15) is 5.78 Å². The summed E-state index contributed by atoms with van der Waals surface area (Å²) in [7, 11) is 0. The van der Waals surface area contributed by atoms with E-state index in [9.17, 15) is 9.59 Å². The van der Waals surface area contributed by atoms with Gasteiger partial charge in [-0.25, -0.2) is 0 Å². The van der Waals surface area contributed by atoms with Gasteiger partial charge in [-0.1, -0.05) is 32.6 Å². The maximum Gasteiger partial charge on any atom is 0.223 e. The molecule has 0 aromatic carbocycles. The molecule has 1 amide bonds. The van der Waals surface area contributed by atoms with Crippen molar-refractivity contribution < 1.29 is 9.59 Å². The van der Waals surface area contributed by atoms with Crippen LogP contribution in [0.3, 0.4) is 0 Å². The molecule has 2 atom stereocenters. The zero-order valence-corrected chi connectivity index (χ0v) is 12.1.